The van der Waals surface area contributed by atoms with E-state index in [1.54, 1.807) is 30.2 Å². The average Bonchev–Trinajstić information content (AvgIpc) is 3.42. The standard InChI is InChI=1S/C19H22N4O4S2/c1-29(24,25)22-15-8-6-14(7-9-15)18-20-21-19(28-13-17-5-3-11-27-17)23(18)12-16-4-2-10-26-16/h2,4,6-10,17,22H,3,5,11-13H2,1H3. The van der Waals surface area contributed by atoms with Crippen LogP contribution in [0.1, 0.15) is 18.6 Å². The zero-order valence-corrected chi connectivity index (χ0v) is 17.6. The largest absolute Gasteiger partial charge is 0.467 e. The molecule has 1 aromatic carbocycles. The van der Waals surface area contributed by atoms with Crippen molar-refractivity contribution in [1.82, 2.24) is 14.8 Å². The molecule has 0 amide bonds. The Labute approximate surface area is 173 Å². The number of anilines is 1. The van der Waals surface area contributed by atoms with Gasteiger partial charge in [-0.15, -0.1) is 10.2 Å². The second-order valence-corrected chi connectivity index (χ2v) is 9.60. The van der Waals surface area contributed by atoms with Gasteiger partial charge in [-0.2, -0.15) is 0 Å². The van der Waals surface area contributed by atoms with Gasteiger partial charge in [0.05, 0.1) is 25.2 Å². The Morgan fingerprint density at radius 1 is 1.24 bits per heavy atom. The van der Waals surface area contributed by atoms with Crippen LogP contribution in [0, 0.1) is 0 Å². The number of rotatable bonds is 8. The third-order valence-corrected chi connectivity index (χ3v) is 6.18. The number of benzene rings is 1. The van der Waals surface area contributed by atoms with Crippen LogP contribution in [0.5, 0.6) is 0 Å². The summed E-state index contributed by atoms with van der Waals surface area (Å²) in [5.41, 5.74) is 1.34. The van der Waals surface area contributed by atoms with Crippen LogP contribution >= 0.6 is 11.8 Å². The molecular formula is C19H22N4O4S2. The lowest BCUT2D eigenvalue weighted by atomic mass is 10.2. The van der Waals surface area contributed by atoms with Gasteiger partial charge in [-0.25, -0.2) is 8.42 Å². The predicted molar refractivity (Wildman–Crippen MR) is 111 cm³/mol. The highest BCUT2D eigenvalue weighted by Crippen LogP contribution is 2.28. The molecule has 1 aliphatic heterocycles. The maximum atomic E-state index is 11.4. The van der Waals surface area contributed by atoms with Crippen molar-refractivity contribution in [2.75, 3.05) is 23.3 Å². The Morgan fingerprint density at radius 3 is 2.72 bits per heavy atom. The maximum absolute atomic E-state index is 11.4. The normalized spacial score (nSPS) is 16.9. The Kier molecular flexibility index (Phi) is 5.93. The van der Waals surface area contributed by atoms with E-state index in [0.717, 1.165) is 47.9 Å². The number of hydrogen-bond acceptors (Lipinski definition) is 7. The van der Waals surface area contributed by atoms with Gasteiger partial charge in [0.1, 0.15) is 5.76 Å². The van der Waals surface area contributed by atoms with Gasteiger partial charge >= 0.3 is 0 Å². The first-order valence-corrected chi connectivity index (χ1v) is 12.1. The van der Waals surface area contributed by atoms with Gasteiger partial charge in [0.25, 0.3) is 0 Å². The summed E-state index contributed by atoms with van der Waals surface area (Å²) in [6.45, 7) is 1.33. The minimum absolute atomic E-state index is 0.249. The van der Waals surface area contributed by atoms with Gasteiger partial charge < -0.3 is 9.15 Å². The van der Waals surface area contributed by atoms with Crippen molar-refractivity contribution in [2.45, 2.75) is 30.6 Å². The van der Waals surface area contributed by atoms with Gasteiger partial charge in [0.15, 0.2) is 11.0 Å². The Hall–Kier alpha value is -2.30. The van der Waals surface area contributed by atoms with Crippen LogP contribution in [-0.4, -0.2) is 47.9 Å². The van der Waals surface area contributed by atoms with Gasteiger partial charge in [0, 0.05) is 23.6 Å². The van der Waals surface area contributed by atoms with Crippen LogP contribution < -0.4 is 4.72 Å². The first-order valence-electron chi connectivity index (χ1n) is 9.26. The highest BCUT2D eigenvalue weighted by molar-refractivity contribution is 7.99. The molecule has 0 aliphatic carbocycles. The molecule has 3 heterocycles. The van der Waals surface area contributed by atoms with E-state index in [9.17, 15) is 8.42 Å². The summed E-state index contributed by atoms with van der Waals surface area (Å²) >= 11 is 1.62. The van der Waals surface area contributed by atoms with Crippen molar-refractivity contribution in [3.05, 3.63) is 48.4 Å². The van der Waals surface area contributed by atoms with Crippen molar-refractivity contribution in [2.24, 2.45) is 0 Å². The molecule has 0 bridgehead atoms. The molecule has 2 aromatic heterocycles. The number of sulfonamides is 1. The van der Waals surface area contributed by atoms with E-state index in [1.807, 2.05) is 28.8 Å². The van der Waals surface area contributed by atoms with Crippen LogP contribution in [0.2, 0.25) is 0 Å². The molecule has 1 fully saturated rings. The fourth-order valence-corrected chi connectivity index (χ4v) is 4.72. The molecule has 1 unspecified atom stereocenters. The Balaban J connectivity index is 1.59. The van der Waals surface area contributed by atoms with Gasteiger partial charge in [0.2, 0.25) is 10.0 Å². The summed E-state index contributed by atoms with van der Waals surface area (Å²) in [7, 11) is -3.32. The minimum atomic E-state index is -3.32. The number of hydrogen-bond donors (Lipinski definition) is 1. The van der Waals surface area contributed by atoms with E-state index in [-0.39, 0.29) is 6.10 Å². The smallest absolute Gasteiger partial charge is 0.229 e. The fourth-order valence-electron chi connectivity index (χ4n) is 3.15. The van der Waals surface area contributed by atoms with Crippen LogP contribution in [0.4, 0.5) is 5.69 Å². The monoisotopic (exact) mass is 434 g/mol. The van der Waals surface area contributed by atoms with E-state index in [1.165, 1.54) is 0 Å². The topological polar surface area (TPSA) is 99.3 Å². The highest BCUT2D eigenvalue weighted by Gasteiger charge is 2.20. The molecule has 1 atom stereocenters. The summed E-state index contributed by atoms with van der Waals surface area (Å²) in [4.78, 5) is 0. The molecule has 29 heavy (non-hydrogen) atoms. The summed E-state index contributed by atoms with van der Waals surface area (Å²) in [5.74, 6) is 2.33. The molecular weight excluding hydrogens is 412 g/mol. The van der Waals surface area contributed by atoms with Crippen LogP contribution in [0.25, 0.3) is 11.4 Å². The third kappa shape index (κ3) is 5.20. The molecule has 3 aromatic rings. The zero-order chi connectivity index (χ0) is 20.3. The average molecular weight is 435 g/mol. The minimum Gasteiger partial charge on any atom is -0.467 e. The first-order chi connectivity index (χ1) is 14.0. The number of ether oxygens (including phenoxy) is 1. The summed E-state index contributed by atoms with van der Waals surface area (Å²) in [5, 5.41) is 9.57. The number of aromatic nitrogens is 3. The lowest BCUT2D eigenvalue weighted by Gasteiger charge is -2.11. The van der Waals surface area contributed by atoms with E-state index in [4.69, 9.17) is 9.15 Å². The number of furan rings is 1. The molecule has 1 aliphatic rings. The fraction of sp³-hybridized carbons (Fsp3) is 0.368. The summed E-state index contributed by atoms with van der Waals surface area (Å²) < 4.78 is 38.5. The maximum Gasteiger partial charge on any atom is 0.229 e. The lowest BCUT2D eigenvalue weighted by molar-refractivity contribution is 0.129. The molecule has 0 saturated carbocycles. The lowest BCUT2D eigenvalue weighted by Crippen LogP contribution is -2.10. The Morgan fingerprint density at radius 2 is 2.07 bits per heavy atom. The van der Waals surface area contributed by atoms with Crippen LogP contribution in [0.15, 0.2) is 52.2 Å². The van der Waals surface area contributed by atoms with Gasteiger partial charge in [-0.05, 0) is 49.2 Å². The number of nitrogens with zero attached hydrogens (tertiary/aromatic N) is 3. The summed E-state index contributed by atoms with van der Waals surface area (Å²) in [6.07, 6.45) is 5.19. The quantitative estimate of drug-likeness (QED) is 0.543. The third-order valence-electron chi connectivity index (χ3n) is 4.48. The molecule has 8 nitrogen and oxygen atoms in total. The van der Waals surface area contributed by atoms with Crippen molar-refractivity contribution >= 4 is 27.5 Å². The van der Waals surface area contributed by atoms with Gasteiger partial charge in [-0.1, -0.05) is 11.8 Å². The van der Waals surface area contributed by atoms with Gasteiger partial charge in [-0.3, -0.25) is 9.29 Å². The molecule has 4 rings (SSSR count). The van der Waals surface area contributed by atoms with Crippen LogP contribution in [-0.2, 0) is 21.3 Å². The van der Waals surface area contributed by atoms with Crippen molar-refractivity contribution < 1.29 is 17.6 Å². The van der Waals surface area contributed by atoms with Crippen molar-refractivity contribution in [3.8, 4) is 11.4 Å². The number of thioether (sulfide) groups is 1. The zero-order valence-electron chi connectivity index (χ0n) is 15.9. The SMILES string of the molecule is CS(=O)(=O)Nc1ccc(-c2nnc(SCC3CCCO3)n2Cc2ccco2)cc1. The van der Waals surface area contributed by atoms with Crippen molar-refractivity contribution in [1.29, 1.82) is 0 Å². The molecule has 1 saturated heterocycles. The molecule has 10 heteroatoms. The van der Waals surface area contributed by atoms with E-state index < -0.39 is 10.0 Å². The second-order valence-electron chi connectivity index (χ2n) is 6.87. The first kappa shape index (κ1) is 20.0. The molecule has 0 spiro atoms. The summed E-state index contributed by atoms with van der Waals surface area (Å²) in [6, 6.07) is 10.8. The highest BCUT2D eigenvalue weighted by atomic mass is 32.2. The van der Waals surface area contributed by atoms with E-state index in [2.05, 4.69) is 14.9 Å². The van der Waals surface area contributed by atoms with E-state index in [0.29, 0.717) is 18.1 Å². The molecule has 1 N–H and O–H groups in total. The second kappa shape index (κ2) is 8.60. The predicted octanol–water partition coefficient (Wildman–Crippen LogP) is 3.23. The van der Waals surface area contributed by atoms with Crippen LogP contribution in [0.3, 0.4) is 0 Å². The van der Waals surface area contributed by atoms with E-state index >= 15 is 0 Å². The molecule has 0 radical (unpaired) electrons. The van der Waals surface area contributed by atoms with Crippen molar-refractivity contribution in [3.63, 3.8) is 0 Å². The molecule has 154 valence electrons. The Bertz CT molecular complexity index is 1040. The number of nitrogens with one attached hydrogen (secondary N) is 1.